The first-order valence-corrected chi connectivity index (χ1v) is 9.65. The Balaban J connectivity index is 1.88. The Morgan fingerprint density at radius 2 is 1.45 bits per heavy atom. The predicted molar refractivity (Wildman–Crippen MR) is 124 cm³/mol. The van der Waals surface area contributed by atoms with Crippen LogP contribution in [0.15, 0.2) is 89.9 Å². The van der Waals surface area contributed by atoms with E-state index in [2.05, 4.69) is 58.7 Å². The van der Waals surface area contributed by atoms with Gasteiger partial charge in [0.05, 0.1) is 16.9 Å². The standard InChI is InChI=1S/C25H24N4/c1-26-24-17-23(29(2)3)21-15-14-20(16-22(21)28-24)27-25(18-10-6-4-7-11-18)19-12-8-5-9-13-19/h4-17H,1-3H3,(H,26,28). The number of hydrogen-bond acceptors (Lipinski definition) is 4. The van der Waals surface area contributed by atoms with Crippen LogP contribution in [0.1, 0.15) is 11.1 Å². The van der Waals surface area contributed by atoms with Crippen LogP contribution in [0, 0.1) is 0 Å². The molecular weight excluding hydrogens is 356 g/mol. The van der Waals surface area contributed by atoms with Crippen LogP contribution in [0.4, 0.5) is 17.2 Å². The highest BCUT2D eigenvalue weighted by molar-refractivity contribution is 6.14. The fourth-order valence-electron chi connectivity index (χ4n) is 3.38. The lowest BCUT2D eigenvalue weighted by Crippen LogP contribution is -2.10. The Hall–Kier alpha value is -3.66. The van der Waals surface area contributed by atoms with Crippen molar-refractivity contribution in [3.8, 4) is 0 Å². The molecule has 0 aliphatic carbocycles. The highest BCUT2D eigenvalue weighted by Gasteiger charge is 2.10. The Morgan fingerprint density at radius 3 is 2.00 bits per heavy atom. The minimum atomic E-state index is 0.841. The van der Waals surface area contributed by atoms with E-state index in [1.165, 1.54) is 0 Å². The number of aromatic nitrogens is 1. The van der Waals surface area contributed by atoms with Crippen molar-refractivity contribution in [2.24, 2.45) is 4.99 Å². The summed E-state index contributed by atoms with van der Waals surface area (Å²) >= 11 is 0. The van der Waals surface area contributed by atoms with Gasteiger partial charge >= 0.3 is 0 Å². The Kier molecular flexibility index (Phi) is 5.25. The zero-order valence-electron chi connectivity index (χ0n) is 16.9. The molecule has 144 valence electrons. The quantitative estimate of drug-likeness (QED) is 0.464. The van der Waals surface area contributed by atoms with E-state index >= 15 is 0 Å². The fraction of sp³-hybridized carbons (Fsp3) is 0.120. The van der Waals surface area contributed by atoms with Crippen LogP contribution in [-0.2, 0) is 0 Å². The monoisotopic (exact) mass is 380 g/mol. The van der Waals surface area contributed by atoms with Crippen LogP contribution < -0.4 is 10.2 Å². The molecule has 1 N–H and O–H groups in total. The van der Waals surface area contributed by atoms with Gasteiger partial charge in [0.25, 0.3) is 0 Å². The van der Waals surface area contributed by atoms with Crippen molar-refractivity contribution in [1.82, 2.24) is 4.98 Å². The summed E-state index contributed by atoms with van der Waals surface area (Å²) in [6.45, 7) is 0. The molecule has 0 spiro atoms. The number of nitrogens with zero attached hydrogens (tertiary/aromatic N) is 3. The number of rotatable bonds is 5. The summed E-state index contributed by atoms with van der Waals surface area (Å²) < 4.78 is 0. The molecule has 0 bridgehead atoms. The maximum atomic E-state index is 5.02. The number of hydrogen-bond donors (Lipinski definition) is 1. The molecular formula is C25H24N4. The Morgan fingerprint density at radius 1 is 0.828 bits per heavy atom. The molecule has 3 aromatic carbocycles. The zero-order valence-corrected chi connectivity index (χ0v) is 16.9. The number of pyridine rings is 1. The lowest BCUT2D eigenvalue weighted by molar-refractivity contribution is 1.14. The molecule has 0 saturated carbocycles. The van der Waals surface area contributed by atoms with Crippen molar-refractivity contribution < 1.29 is 0 Å². The highest BCUT2D eigenvalue weighted by Crippen LogP contribution is 2.30. The molecule has 4 nitrogen and oxygen atoms in total. The van der Waals surface area contributed by atoms with E-state index < -0.39 is 0 Å². The molecule has 1 aromatic heterocycles. The third-order valence-corrected chi connectivity index (χ3v) is 4.84. The minimum Gasteiger partial charge on any atom is -0.377 e. The summed E-state index contributed by atoms with van der Waals surface area (Å²) in [7, 11) is 5.98. The van der Waals surface area contributed by atoms with E-state index in [-0.39, 0.29) is 0 Å². The second kappa shape index (κ2) is 8.15. The van der Waals surface area contributed by atoms with Crippen LogP contribution >= 0.6 is 0 Å². The Bertz CT molecular complexity index is 1110. The summed E-state index contributed by atoms with van der Waals surface area (Å²) in [4.78, 5) is 11.9. The van der Waals surface area contributed by atoms with Gasteiger partial charge in [-0.1, -0.05) is 60.7 Å². The topological polar surface area (TPSA) is 40.5 Å². The maximum Gasteiger partial charge on any atom is 0.128 e. The molecule has 0 amide bonds. The third-order valence-electron chi connectivity index (χ3n) is 4.84. The van der Waals surface area contributed by atoms with Crippen LogP contribution in [0.25, 0.3) is 10.9 Å². The normalized spacial score (nSPS) is 10.6. The molecule has 0 fully saturated rings. The molecule has 0 atom stereocenters. The number of nitrogens with one attached hydrogen (secondary N) is 1. The average molecular weight is 380 g/mol. The summed E-state index contributed by atoms with van der Waals surface area (Å²) in [5.74, 6) is 0.841. The molecule has 29 heavy (non-hydrogen) atoms. The number of aliphatic imine (C=N–C) groups is 1. The third kappa shape index (κ3) is 3.97. The van der Waals surface area contributed by atoms with E-state index in [1.54, 1.807) is 0 Å². The molecule has 1 heterocycles. The van der Waals surface area contributed by atoms with Gasteiger partial charge in [0.15, 0.2) is 0 Å². The van der Waals surface area contributed by atoms with Crippen molar-refractivity contribution >= 4 is 33.8 Å². The second-order valence-electron chi connectivity index (χ2n) is 7.06. The number of anilines is 2. The van der Waals surface area contributed by atoms with Gasteiger partial charge in [0.2, 0.25) is 0 Å². The van der Waals surface area contributed by atoms with E-state index in [1.807, 2.05) is 57.5 Å². The van der Waals surface area contributed by atoms with Gasteiger partial charge in [-0.3, -0.25) is 0 Å². The fourth-order valence-corrected chi connectivity index (χ4v) is 3.38. The molecule has 0 unspecified atom stereocenters. The molecule has 4 heteroatoms. The summed E-state index contributed by atoms with van der Waals surface area (Å²) in [5, 5.41) is 4.26. The summed E-state index contributed by atoms with van der Waals surface area (Å²) in [5.41, 5.74) is 6.05. The van der Waals surface area contributed by atoms with Crippen molar-refractivity contribution in [1.29, 1.82) is 0 Å². The highest BCUT2D eigenvalue weighted by atomic mass is 15.1. The van der Waals surface area contributed by atoms with Crippen molar-refractivity contribution in [2.45, 2.75) is 0 Å². The van der Waals surface area contributed by atoms with Crippen LogP contribution in [0.5, 0.6) is 0 Å². The molecule has 0 radical (unpaired) electrons. The van der Waals surface area contributed by atoms with Crippen molar-refractivity contribution in [3.05, 3.63) is 96.1 Å². The zero-order chi connectivity index (χ0) is 20.2. The smallest absolute Gasteiger partial charge is 0.128 e. The second-order valence-corrected chi connectivity index (χ2v) is 7.06. The van der Waals surface area contributed by atoms with Gasteiger partial charge in [-0.15, -0.1) is 0 Å². The Labute approximate surface area is 171 Å². The molecule has 4 rings (SSSR count). The van der Waals surface area contributed by atoms with Crippen LogP contribution in [0.2, 0.25) is 0 Å². The van der Waals surface area contributed by atoms with Gasteiger partial charge in [-0.25, -0.2) is 9.98 Å². The number of fused-ring (bicyclic) bond motifs is 1. The summed E-state index contributed by atoms with van der Waals surface area (Å²) in [6.07, 6.45) is 0. The molecule has 0 saturated heterocycles. The molecule has 0 aliphatic rings. The van der Waals surface area contributed by atoms with E-state index in [0.717, 1.165) is 44.9 Å². The first kappa shape index (κ1) is 18.7. The lowest BCUT2D eigenvalue weighted by Gasteiger charge is -2.17. The maximum absolute atomic E-state index is 5.02. The number of benzene rings is 3. The first-order valence-electron chi connectivity index (χ1n) is 9.65. The van der Waals surface area contributed by atoms with Gasteiger partial charge in [-0.05, 0) is 18.2 Å². The van der Waals surface area contributed by atoms with Crippen molar-refractivity contribution in [3.63, 3.8) is 0 Å². The lowest BCUT2D eigenvalue weighted by atomic mass is 10.0. The average Bonchev–Trinajstić information content (AvgIpc) is 2.77. The summed E-state index contributed by atoms with van der Waals surface area (Å²) in [6, 6.07) is 28.8. The van der Waals surface area contributed by atoms with Crippen LogP contribution in [0.3, 0.4) is 0 Å². The predicted octanol–water partition coefficient (Wildman–Crippen LogP) is 5.51. The minimum absolute atomic E-state index is 0.841. The molecule has 0 aliphatic heterocycles. The SMILES string of the molecule is CNc1cc(N(C)C)c2ccc(N=C(c3ccccc3)c3ccccc3)cc2n1. The largest absolute Gasteiger partial charge is 0.377 e. The molecule has 4 aromatic rings. The van der Waals surface area contributed by atoms with Crippen LogP contribution in [-0.4, -0.2) is 31.8 Å². The van der Waals surface area contributed by atoms with Crippen molar-refractivity contribution in [2.75, 3.05) is 31.4 Å². The van der Waals surface area contributed by atoms with Gasteiger partial charge in [0, 0.05) is 49.4 Å². The van der Waals surface area contributed by atoms with E-state index in [9.17, 15) is 0 Å². The van der Waals surface area contributed by atoms with Gasteiger partial charge in [-0.2, -0.15) is 0 Å². The van der Waals surface area contributed by atoms with Gasteiger partial charge in [0.1, 0.15) is 5.82 Å². The van der Waals surface area contributed by atoms with Gasteiger partial charge < -0.3 is 10.2 Å². The van der Waals surface area contributed by atoms with E-state index in [0.29, 0.717) is 0 Å². The first-order chi connectivity index (χ1) is 14.2. The van der Waals surface area contributed by atoms with E-state index in [4.69, 9.17) is 9.98 Å².